The summed E-state index contributed by atoms with van der Waals surface area (Å²) in [5, 5.41) is 6.08. The van der Waals surface area contributed by atoms with Crippen molar-refractivity contribution in [2.24, 2.45) is 5.41 Å². The molecule has 1 spiro atoms. The van der Waals surface area contributed by atoms with E-state index in [1.807, 2.05) is 12.1 Å². The Kier molecular flexibility index (Phi) is 6.61. The van der Waals surface area contributed by atoms with Gasteiger partial charge in [0, 0.05) is 25.4 Å². The summed E-state index contributed by atoms with van der Waals surface area (Å²) in [6.45, 7) is 3.18. The van der Waals surface area contributed by atoms with Gasteiger partial charge in [0.05, 0.1) is 28.4 Å². The number of pyridine rings is 1. The molecule has 2 aliphatic heterocycles. The van der Waals surface area contributed by atoms with Crippen LogP contribution >= 0.6 is 0 Å². The highest BCUT2D eigenvalue weighted by Crippen LogP contribution is 2.54. The average molecular weight is 525 g/mol. The number of benzene rings is 1. The zero-order valence-electron chi connectivity index (χ0n) is 21.2. The lowest BCUT2D eigenvalue weighted by molar-refractivity contribution is 0.102. The number of sulfone groups is 1. The third-order valence-corrected chi connectivity index (χ3v) is 10.9. The number of nitrogens with zero attached hydrogens (tertiary/aromatic N) is 2. The maximum absolute atomic E-state index is 13.5. The molecule has 4 aliphatic rings. The molecule has 198 valence electrons. The van der Waals surface area contributed by atoms with E-state index in [1.54, 1.807) is 24.3 Å². The standard InChI is InChI=1S/C28H36N4O4S/c33-27(30-20-4-3-7-23(18-20)37(34,35)22-5-1-2-6-22)24-8-9-25(29-21-10-17-36-19-21)31-26(24)32-15-13-28(11-12-28)14-16-32/h3-4,7-9,18,21-22H,1-2,5-6,10-17,19H2,(H,29,31)(H,30,33). The summed E-state index contributed by atoms with van der Waals surface area (Å²) in [6, 6.07) is 10.6. The fraction of sp³-hybridized carbons (Fsp3) is 0.571. The van der Waals surface area contributed by atoms with E-state index < -0.39 is 9.84 Å². The van der Waals surface area contributed by atoms with Gasteiger partial charge in [-0.1, -0.05) is 18.9 Å². The van der Waals surface area contributed by atoms with E-state index in [4.69, 9.17) is 9.72 Å². The fourth-order valence-corrected chi connectivity index (χ4v) is 7.91. The van der Waals surface area contributed by atoms with Gasteiger partial charge < -0.3 is 20.3 Å². The summed E-state index contributed by atoms with van der Waals surface area (Å²) in [4.78, 5) is 20.9. The summed E-state index contributed by atoms with van der Waals surface area (Å²) in [5.41, 5.74) is 1.50. The number of carbonyl (C=O) groups excluding carboxylic acids is 1. The lowest BCUT2D eigenvalue weighted by atomic mass is 9.93. The second-order valence-electron chi connectivity index (χ2n) is 11.2. The van der Waals surface area contributed by atoms with Gasteiger partial charge >= 0.3 is 0 Å². The van der Waals surface area contributed by atoms with Crippen LogP contribution in [0, 0.1) is 5.41 Å². The van der Waals surface area contributed by atoms with Crippen LogP contribution in [0.3, 0.4) is 0 Å². The second kappa shape index (κ2) is 9.91. The molecule has 37 heavy (non-hydrogen) atoms. The molecule has 0 radical (unpaired) electrons. The summed E-state index contributed by atoms with van der Waals surface area (Å²) in [7, 11) is -3.40. The van der Waals surface area contributed by atoms with Crippen LogP contribution in [0.5, 0.6) is 0 Å². The van der Waals surface area contributed by atoms with Crippen LogP contribution < -0.4 is 15.5 Å². The quantitative estimate of drug-likeness (QED) is 0.545. The molecule has 2 aliphatic carbocycles. The molecule has 2 N–H and O–H groups in total. The Morgan fingerprint density at radius 3 is 2.51 bits per heavy atom. The molecule has 2 saturated carbocycles. The van der Waals surface area contributed by atoms with Gasteiger partial charge in [0.2, 0.25) is 0 Å². The first kappa shape index (κ1) is 24.7. The largest absolute Gasteiger partial charge is 0.379 e. The zero-order chi connectivity index (χ0) is 25.5. The number of carbonyl (C=O) groups is 1. The molecule has 1 atom stereocenters. The lowest BCUT2D eigenvalue weighted by Crippen LogP contribution is -2.36. The van der Waals surface area contributed by atoms with E-state index in [-0.39, 0.29) is 22.1 Å². The molecular weight excluding hydrogens is 488 g/mol. The number of ether oxygens (including phenoxy) is 1. The first-order valence-electron chi connectivity index (χ1n) is 13.7. The maximum atomic E-state index is 13.5. The van der Waals surface area contributed by atoms with Crippen molar-refractivity contribution in [2.45, 2.75) is 74.0 Å². The molecule has 0 bridgehead atoms. The first-order valence-corrected chi connectivity index (χ1v) is 15.2. The summed E-state index contributed by atoms with van der Waals surface area (Å²) >= 11 is 0. The van der Waals surface area contributed by atoms with E-state index >= 15 is 0 Å². The smallest absolute Gasteiger partial charge is 0.259 e. The molecule has 1 aromatic carbocycles. The number of rotatable bonds is 7. The van der Waals surface area contributed by atoms with Crippen molar-refractivity contribution in [3.8, 4) is 0 Å². The number of amides is 1. The van der Waals surface area contributed by atoms with Crippen LogP contribution in [0.2, 0.25) is 0 Å². The summed E-state index contributed by atoms with van der Waals surface area (Å²) < 4.78 is 31.7. The van der Waals surface area contributed by atoms with Gasteiger partial charge in [-0.15, -0.1) is 0 Å². The molecule has 1 unspecified atom stereocenters. The van der Waals surface area contributed by atoms with Crippen LogP contribution in [0.4, 0.5) is 17.3 Å². The number of aromatic nitrogens is 1. The Bertz CT molecular complexity index is 1250. The maximum Gasteiger partial charge on any atom is 0.259 e. The SMILES string of the molecule is O=C(Nc1cccc(S(=O)(=O)C2CCCC2)c1)c1ccc(NC2CCOC2)nc1N1CCC2(CC1)CC2. The highest BCUT2D eigenvalue weighted by Gasteiger charge is 2.45. The molecule has 1 amide bonds. The first-order chi connectivity index (χ1) is 17.9. The summed E-state index contributed by atoms with van der Waals surface area (Å²) in [5.74, 6) is 1.16. The molecule has 9 heteroatoms. The van der Waals surface area contributed by atoms with Gasteiger partial charge in [-0.3, -0.25) is 4.79 Å². The van der Waals surface area contributed by atoms with E-state index in [1.165, 1.54) is 12.8 Å². The van der Waals surface area contributed by atoms with Gasteiger partial charge in [-0.25, -0.2) is 13.4 Å². The number of anilines is 3. The topological polar surface area (TPSA) is 101 Å². The number of nitrogens with one attached hydrogen (secondary N) is 2. The zero-order valence-corrected chi connectivity index (χ0v) is 22.1. The van der Waals surface area contributed by atoms with E-state index in [2.05, 4.69) is 15.5 Å². The Morgan fingerprint density at radius 2 is 1.81 bits per heavy atom. The minimum absolute atomic E-state index is 0.223. The van der Waals surface area contributed by atoms with Gasteiger partial charge in [0.25, 0.3) is 5.91 Å². The van der Waals surface area contributed by atoms with E-state index in [0.29, 0.717) is 41.9 Å². The number of piperidine rings is 1. The molecule has 4 fully saturated rings. The molecule has 1 aromatic heterocycles. The van der Waals surface area contributed by atoms with Crippen LogP contribution in [0.1, 0.15) is 68.1 Å². The predicted octanol–water partition coefficient (Wildman–Crippen LogP) is 4.63. The van der Waals surface area contributed by atoms with Crippen molar-refractivity contribution < 1.29 is 17.9 Å². The molecule has 6 rings (SSSR count). The van der Waals surface area contributed by atoms with Crippen LogP contribution in [0.25, 0.3) is 0 Å². The Balaban J connectivity index is 1.24. The van der Waals surface area contributed by atoms with Gasteiger partial charge in [0.1, 0.15) is 11.6 Å². The molecule has 8 nitrogen and oxygen atoms in total. The normalized spacial score (nSPS) is 23.4. The second-order valence-corrected chi connectivity index (χ2v) is 13.4. The van der Waals surface area contributed by atoms with Crippen molar-refractivity contribution in [3.05, 3.63) is 42.0 Å². The van der Waals surface area contributed by atoms with Crippen molar-refractivity contribution in [2.75, 3.05) is 41.8 Å². The molecule has 2 saturated heterocycles. The van der Waals surface area contributed by atoms with E-state index in [0.717, 1.165) is 57.6 Å². The Hall–Kier alpha value is -2.65. The monoisotopic (exact) mass is 524 g/mol. The van der Waals surface area contributed by atoms with Crippen LogP contribution in [-0.4, -0.2) is 56.9 Å². The van der Waals surface area contributed by atoms with Crippen molar-refractivity contribution in [3.63, 3.8) is 0 Å². The predicted molar refractivity (Wildman–Crippen MR) is 144 cm³/mol. The van der Waals surface area contributed by atoms with Crippen molar-refractivity contribution in [1.29, 1.82) is 0 Å². The third-order valence-electron chi connectivity index (χ3n) is 8.64. The molecule has 3 heterocycles. The van der Waals surface area contributed by atoms with Crippen LogP contribution in [0.15, 0.2) is 41.3 Å². The highest BCUT2D eigenvalue weighted by atomic mass is 32.2. The third kappa shape index (κ3) is 5.21. The van der Waals surface area contributed by atoms with Crippen LogP contribution in [-0.2, 0) is 14.6 Å². The highest BCUT2D eigenvalue weighted by molar-refractivity contribution is 7.92. The summed E-state index contributed by atoms with van der Waals surface area (Å²) in [6.07, 6.45) is 9.13. The molecule has 2 aromatic rings. The van der Waals surface area contributed by atoms with Crippen molar-refractivity contribution >= 4 is 33.1 Å². The minimum atomic E-state index is -3.40. The molecular formula is C28H36N4O4S. The lowest BCUT2D eigenvalue weighted by Gasteiger charge is -2.34. The number of hydrogen-bond acceptors (Lipinski definition) is 7. The number of hydrogen-bond donors (Lipinski definition) is 2. The average Bonchev–Trinajstić information content (AvgIpc) is 3.30. The van der Waals surface area contributed by atoms with Gasteiger partial charge in [0.15, 0.2) is 9.84 Å². The van der Waals surface area contributed by atoms with Crippen molar-refractivity contribution in [1.82, 2.24) is 4.98 Å². The van der Waals surface area contributed by atoms with Gasteiger partial charge in [-0.05, 0) is 80.7 Å². The Morgan fingerprint density at radius 1 is 1.03 bits per heavy atom. The minimum Gasteiger partial charge on any atom is -0.379 e. The van der Waals surface area contributed by atoms with Gasteiger partial charge in [-0.2, -0.15) is 0 Å². The Labute approximate surface area is 219 Å². The van der Waals surface area contributed by atoms with E-state index in [9.17, 15) is 13.2 Å². The fourth-order valence-electron chi connectivity index (χ4n) is 6.01.